The maximum atomic E-state index is 13.3. The largest absolute Gasteiger partial charge is 0.451 e. The molecule has 1 saturated carbocycles. The lowest BCUT2D eigenvalue weighted by molar-refractivity contribution is -0.129. The molecule has 1 fully saturated rings. The van der Waals surface area contributed by atoms with E-state index < -0.39 is 12.1 Å². The second-order valence-corrected chi connectivity index (χ2v) is 8.62. The Morgan fingerprint density at radius 2 is 2.00 bits per heavy atom. The number of hydrogen-bond acceptors (Lipinski definition) is 6. The summed E-state index contributed by atoms with van der Waals surface area (Å²) in [4.78, 5) is 31.3. The Balaban J connectivity index is 1.67. The molecule has 0 saturated heterocycles. The number of carbonyl (C=O) groups excluding carboxylic acids is 2. The number of ether oxygens (including phenoxy) is 1. The van der Waals surface area contributed by atoms with Crippen LogP contribution < -0.4 is 0 Å². The van der Waals surface area contributed by atoms with Crippen LogP contribution in [0.2, 0.25) is 0 Å². The average Bonchev–Trinajstić information content (AvgIpc) is 3.44. The number of thiophene rings is 1. The molecule has 0 amide bonds. The number of fused-ring (bicyclic) bond motifs is 1. The highest BCUT2D eigenvalue weighted by molar-refractivity contribution is 7.13. The van der Waals surface area contributed by atoms with Crippen molar-refractivity contribution in [2.45, 2.75) is 38.7 Å². The Bertz CT molecular complexity index is 1260. The van der Waals surface area contributed by atoms with Gasteiger partial charge in [-0.2, -0.15) is 5.10 Å². The van der Waals surface area contributed by atoms with Crippen molar-refractivity contribution in [2.75, 3.05) is 0 Å². The molecule has 3 aromatic heterocycles. The Morgan fingerprint density at radius 1 is 1.16 bits per heavy atom. The van der Waals surface area contributed by atoms with Gasteiger partial charge in [0.25, 0.3) is 0 Å². The van der Waals surface area contributed by atoms with Crippen molar-refractivity contribution in [2.24, 2.45) is 0 Å². The van der Waals surface area contributed by atoms with Crippen LogP contribution in [-0.4, -0.2) is 32.6 Å². The van der Waals surface area contributed by atoms with Gasteiger partial charge in [0.2, 0.25) is 0 Å². The predicted octanol–water partition coefficient (Wildman–Crippen LogP) is 5.13. The Kier molecular flexibility index (Phi) is 5.11. The van der Waals surface area contributed by atoms with Gasteiger partial charge in [0.05, 0.1) is 32.9 Å². The standard InChI is InChI=1S/C24H21N3O3S/c1-15-22-17(24(29)30-20-11-6-5-10-19(20)28)14-18(21-12-7-13-31-21)25-23(22)27(26-15)16-8-3-2-4-9-16/h2-4,7-9,12-14,20H,5-6,10-11H2,1H3/t20-/m1/s1. The number of carbonyl (C=O) groups is 2. The summed E-state index contributed by atoms with van der Waals surface area (Å²) >= 11 is 1.55. The van der Waals surface area contributed by atoms with Crippen molar-refractivity contribution in [3.63, 3.8) is 0 Å². The highest BCUT2D eigenvalue weighted by atomic mass is 32.1. The molecule has 1 aliphatic carbocycles. The number of esters is 1. The van der Waals surface area contributed by atoms with E-state index in [0.717, 1.165) is 23.4 Å². The van der Waals surface area contributed by atoms with Gasteiger partial charge in [-0.15, -0.1) is 11.3 Å². The van der Waals surface area contributed by atoms with Crippen molar-refractivity contribution in [3.8, 4) is 16.3 Å². The predicted molar refractivity (Wildman–Crippen MR) is 120 cm³/mol. The van der Waals surface area contributed by atoms with Crippen LogP contribution in [0.15, 0.2) is 53.9 Å². The van der Waals surface area contributed by atoms with Gasteiger partial charge in [-0.05, 0) is 55.8 Å². The van der Waals surface area contributed by atoms with Crippen molar-refractivity contribution in [3.05, 3.63) is 65.2 Å². The lowest BCUT2D eigenvalue weighted by Gasteiger charge is -2.21. The molecule has 0 aliphatic heterocycles. The number of aryl methyl sites for hydroxylation is 1. The number of rotatable bonds is 4. The van der Waals surface area contributed by atoms with Crippen molar-refractivity contribution >= 4 is 34.1 Å². The lowest BCUT2D eigenvalue weighted by Crippen LogP contribution is -2.30. The molecule has 1 atom stereocenters. The van der Waals surface area contributed by atoms with E-state index in [2.05, 4.69) is 5.10 Å². The number of nitrogens with zero attached hydrogens (tertiary/aromatic N) is 3. The monoisotopic (exact) mass is 431 g/mol. The summed E-state index contributed by atoms with van der Waals surface area (Å²) in [6.45, 7) is 1.86. The molecule has 4 aromatic rings. The van der Waals surface area contributed by atoms with Crippen LogP contribution in [0.3, 0.4) is 0 Å². The number of aromatic nitrogens is 3. The maximum absolute atomic E-state index is 13.3. The van der Waals surface area contributed by atoms with Crippen molar-refractivity contribution < 1.29 is 14.3 Å². The Labute approximate surface area is 183 Å². The minimum absolute atomic E-state index is 0.0000768. The summed E-state index contributed by atoms with van der Waals surface area (Å²) in [6, 6.07) is 15.4. The fourth-order valence-electron chi connectivity index (χ4n) is 4.02. The first kappa shape index (κ1) is 19.6. The normalized spacial score (nSPS) is 16.5. The smallest absolute Gasteiger partial charge is 0.339 e. The van der Waals surface area contributed by atoms with E-state index in [0.29, 0.717) is 40.8 Å². The van der Waals surface area contributed by atoms with Gasteiger partial charge in [0, 0.05) is 6.42 Å². The van der Waals surface area contributed by atoms with Gasteiger partial charge in [-0.25, -0.2) is 14.5 Å². The molecule has 5 rings (SSSR count). The zero-order chi connectivity index (χ0) is 21.4. The second kappa shape index (κ2) is 8.07. The summed E-state index contributed by atoms with van der Waals surface area (Å²) in [6.07, 6.45) is 2.13. The highest BCUT2D eigenvalue weighted by Gasteiger charge is 2.29. The third kappa shape index (κ3) is 3.65. The summed E-state index contributed by atoms with van der Waals surface area (Å²) < 4.78 is 7.44. The molecule has 7 heteroatoms. The first-order valence-electron chi connectivity index (χ1n) is 10.3. The van der Waals surface area contributed by atoms with Crippen LogP contribution in [0, 0.1) is 6.92 Å². The third-order valence-electron chi connectivity index (χ3n) is 5.55. The van der Waals surface area contributed by atoms with Crippen molar-refractivity contribution in [1.82, 2.24) is 14.8 Å². The van der Waals surface area contributed by atoms with E-state index in [1.165, 1.54) is 0 Å². The number of ketones is 1. The maximum Gasteiger partial charge on any atom is 0.339 e. The van der Waals surface area contributed by atoms with Gasteiger partial charge >= 0.3 is 5.97 Å². The molecule has 0 N–H and O–H groups in total. The summed E-state index contributed by atoms with van der Waals surface area (Å²) in [5, 5.41) is 7.29. The molecular formula is C24H21N3O3S. The van der Waals surface area contributed by atoms with Gasteiger partial charge in [0.15, 0.2) is 17.5 Å². The molecular weight excluding hydrogens is 410 g/mol. The van der Waals surface area contributed by atoms with Crippen LogP contribution in [-0.2, 0) is 9.53 Å². The first-order chi connectivity index (χ1) is 15.1. The summed E-state index contributed by atoms with van der Waals surface area (Å²) in [7, 11) is 0. The molecule has 0 bridgehead atoms. The van der Waals surface area contributed by atoms with E-state index in [1.54, 1.807) is 22.1 Å². The van der Waals surface area contributed by atoms with Crippen LogP contribution in [0.1, 0.15) is 41.7 Å². The highest BCUT2D eigenvalue weighted by Crippen LogP contribution is 2.31. The topological polar surface area (TPSA) is 74.1 Å². The molecule has 0 unspecified atom stereocenters. The van der Waals surface area contributed by atoms with E-state index in [-0.39, 0.29) is 5.78 Å². The van der Waals surface area contributed by atoms with E-state index in [1.807, 2.05) is 54.8 Å². The minimum Gasteiger partial charge on any atom is -0.451 e. The Hall–Kier alpha value is -3.32. The molecule has 0 spiro atoms. The van der Waals surface area contributed by atoms with Crippen LogP contribution in [0.4, 0.5) is 0 Å². The molecule has 31 heavy (non-hydrogen) atoms. The molecule has 6 nitrogen and oxygen atoms in total. The number of benzene rings is 1. The number of pyridine rings is 1. The number of para-hydroxylation sites is 1. The second-order valence-electron chi connectivity index (χ2n) is 7.67. The molecule has 156 valence electrons. The quantitative estimate of drug-likeness (QED) is 0.419. The first-order valence-corrected chi connectivity index (χ1v) is 11.2. The van der Waals surface area contributed by atoms with E-state index >= 15 is 0 Å². The van der Waals surface area contributed by atoms with Gasteiger partial charge in [-0.1, -0.05) is 24.3 Å². The Morgan fingerprint density at radius 3 is 2.74 bits per heavy atom. The summed E-state index contributed by atoms with van der Waals surface area (Å²) in [5.41, 5.74) is 3.22. The third-order valence-corrected chi connectivity index (χ3v) is 6.45. The molecule has 1 aromatic carbocycles. The molecule has 1 aliphatic rings. The lowest BCUT2D eigenvalue weighted by atomic mass is 9.96. The molecule has 0 radical (unpaired) electrons. The van der Waals surface area contributed by atoms with Gasteiger partial charge in [0.1, 0.15) is 0 Å². The minimum atomic E-state index is -0.667. The number of hydrogen-bond donors (Lipinski definition) is 0. The van der Waals surface area contributed by atoms with Crippen LogP contribution >= 0.6 is 11.3 Å². The van der Waals surface area contributed by atoms with Crippen LogP contribution in [0.25, 0.3) is 27.3 Å². The summed E-state index contributed by atoms with van der Waals surface area (Å²) in [5.74, 6) is -0.499. The number of Topliss-reactive ketones (excluding diaryl/α,β-unsaturated/α-hetero) is 1. The van der Waals surface area contributed by atoms with Gasteiger partial charge in [-0.3, -0.25) is 4.79 Å². The van der Waals surface area contributed by atoms with E-state index in [4.69, 9.17) is 9.72 Å². The fourth-order valence-corrected chi connectivity index (χ4v) is 4.70. The average molecular weight is 432 g/mol. The molecule has 3 heterocycles. The van der Waals surface area contributed by atoms with Crippen LogP contribution in [0.5, 0.6) is 0 Å². The fraction of sp³-hybridized carbons (Fsp3) is 0.250. The zero-order valence-corrected chi connectivity index (χ0v) is 17.9. The SMILES string of the molecule is Cc1nn(-c2ccccc2)c2nc(-c3cccs3)cc(C(=O)O[C@@H]3CCCCC3=O)c12. The van der Waals surface area contributed by atoms with E-state index in [9.17, 15) is 9.59 Å². The van der Waals surface area contributed by atoms with Crippen molar-refractivity contribution in [1.29, 1.82) is 0 Å². The van der Waals surface area contributed by atoms with Gasteiger partial charge < -0.3 is 4.74 Å². The zero-order valence-electron chi connectivity index (χ0n) is 17.1.